The molecule has 2 aromatic carbocycles. The normalized spacial score (nSPS) is 12.0. The third kappa shape index (κ3) is 7.46. The van der Waals surface area contributed by atoms with Gasteiger partial charge in [-0.25, -0.2) is 8.42 Å². The molecule has 0 aliphatic heterocycles. The zero-order valence-corrected chi connectivity index (χ0v) is 21.6. The quantitative estimate of drug-likeness (QED) is 0.473. The molecule has 0 aliphatic carbocycles. The van der Waals surface area contributed by atoms with Gasteiger partial charge in [-0.2, -0.15) is 0 Å². The summed E-state index contributed by atoms with van der Waals surface area (Å²) in [5.74, 6) is -0.0837. The fourth-order valence-corrected chi connectivity index (χ4v) is 4.47. The lowest BCUT2D eigenvalue weighted by Crippen LogP contribution is -2.52. The average Bonchev–Trinajstić information content (AvgIpc) is 2.77. The monoisotopic (exact) mass is 539 g/mol. The van der Waals surface area contributed by atoms with Gasteiger partial charge in [0, 0.05) is 17.6 Å². The topological polar surface area (TPSA) is 96.0 Å². The molecular weight excluding hydrogens is 510 g/mol. The molecule has 0 saturated carbocycles. The molecule has 1 N–H and O–H groups in total. The van der Waals surface area contributed by atoms with E-state index in [1.807, 2.05) is 19.1 Å². The van der Waals surface area contributed by atoms with Crippen LogP contribution >= 0.6 is 15.9 Å². The molecular formula is C23H30BrN3O5S. The van der Waals surface area contributed by atoms with Crippen LogP contribution in [0.1, 0.15) is 25.8 Å². The van der Waals surface area contributed by atoms with Crippen LogP contribution in [0.15, 0.2) is 53.0 Å². The van der Waals surface area contributed by atoms with Gasteiger partial charge >= 0.3 is 0 Å². The minimum absolute atomic E-state index is 0.149. The van der Waals surface area contributed by atoms with Crippen LogP contribution in [0.4, 0.5) is 5.69 Å². The number of amides is 2. The first-order valence-corrected chi connectivity index (χ1v) is 13.2. The Labute approximate surface area is 204 Å². The second kappa shape index (κ2) is 12.0. The molecule has 1 atom stereocenters. The van der Waals surface area contributed by atoms with E-state index in [2.05, 4.69) is 21.2 Å². The van der Waals surface area contributed by atoms with Crippen LogP contribution in [-0.2, 0) is 26.2 Å². The fraction of sp³-hybridized carbons (Fsp3) is 0.391. The van der Waals surface area contributed by atoms with E-state index in [9.17, 15) is 18.0 Å². The predicted octanol–water partition coefficient (Wildman–Crippen LogP) is 3.17. The van der Waals surface area contributed by atoms with Crippen LogP contribution < -0.4 is 14.4 Å². The van der Waals surface area contributed by atoms with Crippen molar-refractivity contribution in [2.75, 3.05) is 30.8 Å². The highest BCUT2D eigenvalue weighted by atomic mass is 79.9. The third-order valence-corrected chi connectivity index (χ3v) is 6.71. The second-order valence-electron chi connectivity index (χ2n) is 7.43. The first kappa shape index (κ1) is 26.7. The molecule has 33 heavy (non-hydrogen) atoms. The lowest BCUT2D eigenvalue weighted by atomic mass is 10.1. The number of hydrogen-bond acceptors (Lipinski definition) is 5. The summed E-state index contributed by atoms with van der Waals surface area (Å²) in [6.07, 6.45) is 1.43. The van der Waals surface area contributed by atoms with E-state index in [-0.39, 0.29) is 12.5 Å². The highest BCUT2D eigenvalue weighted by molar-refractivity contribution is 9.10. The van der Waals surface area contributed by atoms with Gasteiger partial charge < -0.3 is 15.0 Å². The summed E-state index contributed by atoms with van der Waals surface area (Å²) in [5.41, 5.74) is 1.16. The van der Waals surface area contributed by atoms with Gasteiger partial charge in [0.25, 0.3) is 0 Å². The van der Waals surface area contributed by atoms with Crippen LogP contribution in [0.5, 0.6) is 5.75 Å². The molecule has 0 aliphatic rings. The Balaban J connectivity index is 2.40. The number of benzene rings is 2. The van der Waals surface area contributed by atoms with Gasteiger partial charge in [-0.3, -0.25) is 13.9 Å². The molecule has 0 bridgehead atoms. The Bertz CT molecular complexity index is 1040. The molecule has 0 radical (unpaired) electrons. The van der Waals surface area contributed by atoms with Crippen molar-refractivity contribution >= 4 is 43.5 Å². The maximum Gasteiger partial charge on any atom is 0.244 e. The molecule has 0 aromatic heterocycles. The molecule has 2 amide bonds. The number of anilines is 1. The van der Waals surface area contributed by atoms with Gasteiger partial charge in [0.15, 0.2) is 0 Å². The van der Waals surface area contributed by atoms with Crippen molar-refractivity contribution in [1.29, 1.82) is 0 Å². The number of carbonyl (C=O) groups excluding carboxylic acids is 2. The van der Waals surface area contributed by atoms with Crippen LogP contribution in [0, 0.1) is 0 Å². The summed E-state index contributed by atoms with van der Waals surface area (Å²) < 4.78 is 32.1. The maximum absolute atomic E-state index is 13.5. The Morgan fingerprint density at radius 1 is 1.06 bits per heavy atom. The number of rotatable bonds is 11. The number of nitrogens with one attached hydrogen (secondary N) is 1. The number of nitrogens with zero attached hydrogens (tertiary/aromatic N) is 2. The van der Waals surface area contributed by atoms with Crippen molar-refractivity contribution in [1.82, 2.24) is 10.2 Å². The largest absolute Gasteiger partial charge is 0.497 e. The first-order valence-electron chi connectivity index (χ1n) is 10.5. The number of halogens is 1. The lowest BCUT2D eigenvalue weighted by molar-refractivity contribution is -0.140. The van der Waals surface area contributed by atoms with Crippen LogP contribution in [-0.4, -0.2) is 57.6 Å². The van der Waals surface area contributed by atoms with Gasteiger partial charge in [-0.15, -0.1) is 0 Å². The number of likely N-dealkylation sites (N-methyl/N-ethyl adjacent to an activating group) is 1. The summed E-state index contributed by atoms with van der Waals surface area (Å²) in [5, 5.41) is 2.77. The Morgan fingerprint density at radius 3 is 2.15 bits per heavy atom. The molecule has 2 aromatic rings. The Morgan fingerprint density at radius 2 is 1.67 bits per heavy atom. The SMILES string of the molecule is CCNC(=O)[C@H](CC)N(Cc1ccc(OC)cc1)C(=O)CN(c1ccc(Br)cc1)S(C)(=O)=O. The highest BCUT2D eigenvalue weighted by Crippen LogP contribution is 2.22. The molecule has 2 rings (SSSR count). The van der Waals surface area contributed by atoms with E-state index in [1.165, 1.54) is 4.90 Å². The number of sulfonamides is 1. The van der Waals surface area contributed by atoms with Crippen molar-refractivity contribution in [3.63, 3.8) is 0 Å². The van der Waals surface area contributed by atoms with Crippen LogP contribution in [0.3, 0.4) is 0 Å². The molecule has 0 saturated heterocycles. The molecule has 0 fully saturated rings. The van der Waals surface area contributed by atoms with E-state index in [0.717, 1.165) is 20.6 Å². The zero-order chi connectivity index (χ0) is 24.6. The fourth-order valence-electron chi connectivity index (χ4n) is 3.36. The standard InChI is InChI=1S/C23H30BrN3O5S/c1-5-21(23(29)25-6-2)26(15-17-7-13-20(32-3)14-8-17)22(28)16-27(33(4,30)31)19-11-9-18(24)10-12-19/h7-14,21H,5-6,15-16H2,1-4H3,(H,25,29)/t21-/m0/s1. The van der Waals surface area contributed by atoms with Crippen molar-refractivity contribution in [3.05, 3.63) is 58.6 Å². The third-order valence-electron chi connectivity index (χ3n) is 5.04. The number of carbonyl (C=O) groups is 2. The van der Waals surface area contributed by atoms with Gasteiger partial charge in [-0.05, 0) is 55.3 Å². The predicted molar refractivity (Wildman–Crippen MR) is 133 cm³/mol. The van der Waals surface area contributed by atoms with Crippen molar-refractivity contribution in [3.8, 4) is 5.75 Å². The van der Waals surface area contributed by atoms with Gasteiger partial charge in [0.1, 0.15) is 18.3 Å². The minimum Gasteiger partial charge on any atom is -0.497 e. The van der Waals surface area contributed by atoms with E-state index < -0.39 is 28.5 Å². The lowest BCUT2D eigenvalue weighted by Gasteiger charge is -2.32. The van der Waals surface area contributed by atoms with E-state index >= 15 is 0 Å². The first-order chi connectivity index (χ1) is 15.6. The molecule has 0 heterocycles. The highest BCUT2D eigenvalue weighted by Gasteiger charge is 2.31. The zero-order valence-electron chi connectivity index (χ0n) is 19.2. The second-order valence-corrected chi connectivity index (χ2v) is 10.3. The summed E-state index contributed by atoms with van der Waals surface area (Å²) in [6.45, 7) is 3.77. The molecule has 10 heteroatoms. The Kier molecular flexibility index (Phi) is 9.72. The van der Waals surface area contributed by atoms with E-state index in [1.54, 1.807) is 50.4 Å². The van der Waals surface area contributed by atoms with Crippen molar-refractivity contribution in [2.24, 2.45) is 0 Å². The van der Waals surface area contributed by atoms with Crippen LogP contribution in [0.25, 0.3) is 0 Å². The van der Waals surface area contributed by atoms with Gasteiger partial charge in [0.2, 0.25) is 21.8 Å². The maximum atomic E-state index is 13.5. The van der Waals surface area contributed by atoms with Crippen molar-refractivity contribution < 1.29 is 22.7 Å². The number of ether oxygens (including phenoxy) is 1. The minimum atomic E-state index is -3.75. The summed E-state index contributed by atoms with van der Waals surface area (Å²) in [6, 6.07) is 13.1. The smallest absolute Gasteiger partial charge is 0.244 e. The number of hydrogen-bond donors (Lipinski definition) is 1. The van der Waals surface area contributed by atoms with E-state index in [0.29, 0.717) is 24.4 Å². The summed E-state index contributed by atoms with van der Waals surface area (Å²) >= 11 is 3.33. The van der Waals surface area contributed by atoms with Crippen LogP contribution in [0.2, 0.25) is 0 Å². The molecule has 0 unspecified atom stereocenters. The molecule has 180 valence electrons. The summed E-state index contributed by atoms with van der Waals surface area (Å²) in [7, 11) is -2.19. The van der Waals surface area contributed by atoms with E-state index in [4.69, 9.17) is 4.74 Å². The summed E-state index contributed by atoms with van der Waals surface area (Å²) in [4.78, 5) is 27.7. The average molecular weight is 540 g/mol. The van der Waals surface area contributed by atoms with Gasteiger partial charge in [-0.1, -0.05) is 35.0 Å². The van der Waals surface area contributed by atoms with Gasteiger partial charge in [0.05, 0.1) is 19.1 Å². The number of methoxy groups -OCH3 is 1. The molecule has 8 nitrogen and oxygen atoms in total. The Hall–Kier alpha value is -2.59. The molecule has 0 spiro atoms. The van der Waals surface area contributed by atoms with Crippen molar-refractivity contribution in [2.45, 2.75) is 32.9 Å².